The molecule has 0 aliphatic rings. The summed E-state index contributed by atoms with van der Waals surface area (Å²) in [7, 11) is 0. The molecule has 0 saturated heterocycles. The average molecular weight is 258 g/mol. The van der Waals surface area contributed by atoms with Crippen molar-refractivity contribution in [3.05, 3.63) is 34.4 Å². The smallest absolute Gasteiger partial charge is 0.149 e. The van der Waals surface area contributed by atoms with Crippen LogP contribution in [0.4, 0.5) is 8.78 Å². The van der Waals surface area contributed by atoms with Gasteiger partial charge in [0.25, 0.3) is 0 Å². The van der Waals surface area contributed by atoms with Crippen molar-refractivity contribution >= 4 is 24.0 Å². The Balaban J connectivity index is 0.00000196. The number of rotatable bonds is 3. The standard InChI is InChI=1S/C9H10ClF2NO.ClH/c10-5-1-2-6(11)8(9(5)12)7(13)3-4-14;/h1-2,7,14H,3-4,13H2;1H/t7-;/m0./s1. The molecule has 2 nitrogen and oxygen atoms in total. The zero-order valence-corrected chi connectivity index (χ0v) is 9.29. The summed E-state index contributed by atoms with van der Waals surface area (Å²) in [5.74, 6) is -1.60. The molecule has 86 valence electrons. The number of aliphatic hydroxyl groups is 1. The molecule has 0 saturated carbocycles. The lowest BCUT2D eigenvalue weighted by Crippen LogP contribution is -2.15. The van der Waals surface area contributed by atoms with Gasteiger partial charge < -0.3 is 10.8 Å². The van der Waals surface area contributed by atoms with E-state index in [1.807, 2.05) is 0 Å². The number of nitrogens with two attached hydrogens (primary N) is 1. The molecule has 3 N–H and O–H groups in total. The SMILES string of the molecule is Cl.N[C@@H](CCO)c1c(F)ccc(Cl)c1F. The Kier molecular flexibility index (Phi) is 6.05. The molecule has 0 radical (unpaired) electrons. The molecular formula is C9H11Cl2F2NO. The van der Waals surface area contributed by atoms with Gasteiger partial charge >= 0.3 is 0 Å². The quantitative estimate of drug-likeness (QED) is 0.818. The minimum Gasteiger partial charge on any atom is -0.396 e. The van der Waals surface area contributed by atoms with Crippen LogP contribution in [0.2, 0.25) is 5.02 Å². The molecule has 1 aromatic carbocycles. The molecule has 1 aromatic rings. The molecule has 0 bridgehead atoms. The van der Waals surface area contributed by atoms with Gasteiger partial charge in [-0.05, 0) is 18.6 Å². The maximum absolute atomic E-state index is 13.3. The van der Waals surface area contributed by atoms with E-state index in [2.05, 4.69) is 0 Å². The fourth-order valence-corrected chi connectivity index (χ4v) is 1.33. The van der Waals surface area contributed by atoms with Crippen molar-refractivity contribution < 1.29 is 13.9 Å². The molecule has 1 rings (SSSR count). The third-order valence-electron chi connectivity index (χ3n) is 1.89. The van der Waals surface area contributed by atoms with Crippen LogP contribution in [0.25, 0.3) is 0 Å². The summed E-state index contributed by atoms with van der Waals surface area (Å²) in [6.45, 7) is -0.230. The number of benzene rings is 1. The molecule has 0 fully saturated rings. The summed E-state index contributed by atoms with van der Waals surface area (Å²) >= 11 is 5.47. The molecule has 1 atom stereocenters. The monoisotopic (exact) mass is 257 g/mol. The van der Waals surface area contributed by atoms with E-state index in [4.69, 9.17) is 22.4 Å². The van der Waals surface area contributed by atoms with Crippen LogP contribution in [0.5, 0.6) is 0 Å². The third kappa shape index (κ3) is 3.28. The molecule has 15 heavy (non-hydrogen) atoms. The summed E-state index contributed by atoms with van der Waals surface area (Å²) in [6, 6.07) is 1.30. The van der Waals surface area contributed by atoms with E-state index in [1.165, 1.54) is 0 Å². The fourth-order valence-electron chi connectivity index (χ4n) is 1.17. The highest BCUT2D eigenvalue weighted by molar-refractivity contribution is 6.30. The first-order valence-electron chi connectivity index (χ1n) is 4.07. The zero-order valence-electron chi connectivity index (χ0n) is 7.71. The van der Waals surface area contributed by atoms with Gasteiger partial charge in [-0.2, -0.15) is 0 Å². The van der Waals surface area contributed by atoms with Crippen molar-refractivity contribution in [2.24, 2.45) is 5.73 Å². The van der Waals surface area contributed by atoms with E-state index in [-0.39, 0.29) is 36.0 Å². The number of halogens is 4. The van der Waals surface area contributed by atoms with Gasteiger partial charge in [0, 0.05) is 18.2 Å². The largest absolute Gasteiger partial charge is 0.396 e. The molecule has 0 heterocycles. The zero-order chi connectivity index (χ0) is 10.7. The van der Waals surface area contributed by atoms with Crippen LogP contribution in [0.3, 0.4) is 0 Å². The summed E-state index contributed by atoms with van der Waals surface area (Å²) in [5.41, 5.74) is 5.21. The van der Waals surface area contributed by atoms with Gasteiger partial charge in [-0.15, -0.1) is 12.4 Å². The first kappa shape index (κ1) is 14.6. The molecule has 6 heteroatoms. The van der Waals surface area contributed by atoms with Crippen molar-refractivity contribution in [1.29, 1.82) is 0 Å². The molecule has 0 aliphatic heterocycles. The Bertz CT molecular complexity index is 336. The normalized spacial score (nSPS) is 12.1. The highest BCUT2D eigenvalue weighted by atomic mass is 35.5. The summed E-state index contributed by atoms with van der Waals surface area (Å²) in [6.07, 6.45) is 0.0915. The Morgan fingerprint density at radius 2 is 2.00 bits per heavy atom. The Hall–Kier alpha value is -0.420. The van der Waals surface area contributed by atoms with Crippen LogP contribution in [-0.2, 0) is 0 Å². The highest BCUT2D eigenvalue weighted by Gasteiger charge is 2.18. The van der Waals surface area contributed by atoms with Crippen molar-refractivity contribution in [3.8, 4) is 0 Å². The lowest BCUT2D eigenvalue weighted by molar-refractivity contribution is 0.274. The van der Waals surface area contributed by atoms with E-state index in [0.29, 0.717) is 0 Å². The number of hydrogen-bond donors (Lipinski definition) is 2. The molecular weight excluding hydrogens is 247 g/mol. The van der Waals surface area contributed by atoms with Gasteiger partial charge in [0.2, 0.25) is 0 Å². The molecule has 0 unspecified atom stereocenters. The summed E-state index contributed by atoms with van der Waals surface area (Å²) in [4.78, 5) is 0. The lowest BCUT2D eigenvalue weighted by atomic mass is 10.0. The highest BCUT2D eigenvalue weighted by Crippen LogP contribution is 2.26. The van der Waals surface area contributed by atoms with Gasteiger partial charge in [-0.3, -0.25) is 0 Å². The van der Waals surface area contributed by atoms with Gasteiger partial charge in [-0.1, -0.05) is 11.6 Å². The van der Waals surface area contributed by atoms with Crippen LogP contribution in [0.15, 0.2) is 12.1 Å². The minimum atomic E-state index is -0.876. The maximum Gasteiger partial charge on any atom is 0.149 e. The van der Waals surface area contributed by atoms with E-state index in [9.17, 15) is 8.78 Å². The maximum atomic E-state index is 13.3. The van der Waals surface area contributed by atoms with Crippen molar-refractivity contribution in [3.63, 3.8) is 0 Å². The van der Waals surface area contributed by atoms with Gasteiger partial charge in [0.15, 0.2) is 0 Å². The second kappa shape index (κ2) is 6.23. The van der Waals surface area contributed by atoms with Gasteiger partial charge in [-0.25, -0.2) is 8.78 Å². The summed E-state index contributed by atoms with van der Waals surface area (Å²) in [5, 5.41) is 8.42. The fraction of sp³-hybridized carbons (Fsp3) is 0.333. The molecule has 0 aliphatic carbocycles. The topological polar surface area (TPSA) is 46.2 Å². The number of aliphatic hydroxyl groups excluding tert-OH is 1. The predicted octanol–water partition coefficient (Wildman–Crippen LogP) is 2.42. The van der Waals surface area contributed by atoms with E-state index in [1.54, 1.807) is 0 Å². The Morgan fingerprint density at radius 1 is 1.40 bits per heavy atom. The van der Waals surface area contributed by atoms with Crippen molar-refractivity contribution in [2.75, 3.05) is 6.61 Å². The van der Waals surface area contributed by atoms with Crippen LogP contribution in [0.1, 0.15) is 18.0 Å². The van der Waals surface area contributed by atoms with E-state index in [0.717, 1.165) is 12.1 Å². The number of hydrogen-bond acceptors (Lipinski definition) is 2. The predicted molar refractivity (Wildman–Crippen MR) is 57.2 cm³/mol. The molecule has 0 aromatic heterocycles. The molecule has 0 amide bonds. The van der Waals surface area contributed by atoms with Crippen LogP contribution in [-0.4, -0.2) is 11.7 Å². The van der Waals surface area contributed by atoms with Gasteiger partial charge in [0.05, 0.1) is 5.02 Å². The van der Waals surface area contributed by atoms with Crippen LogP contribution in [0, 0.1) is 11.6 Å². The van der Waals surface area contributed by atoms with E-state index < -0.39 is 17.7 Å². The average Bonchev–Trinajstić information content (AvgIpc) is 2.13. The Labute approximate surface area is 97.4 Å². The lowest BCUT2D eigenvalue weighted by Gasteiger charge is -2.12. The molecule has 0 spiro atoms. The first-order chi connectivity index (χ1) is 6.57. The van der Waals surface area contributed by atoms with Crippen molar-refractivity contribution in [1.82, 2.24) is 0 Å². The third-order valence-corrected chi connectivity index (χ3v) is 2.18. The second-order valence-corrected chi connectivity index (χ2v) is 3.28. The second-order valence-electron chi connectivity index (χ2n) is 2.88. The first-order valence-corrected chi connectivity index (χ1v) is 4.45. The van der Waals surface area contributed by atoms with Crippen LogP contribution >= 0.6 is 24.0 Å². The van der Waals surface area contributed by atoms with E-state index >= 15 is 0 Å². The van der Waals surface area contributed by atoms with Crippen LogP contribution < -0.4 is 5.73 Å². The minimum absolute atomic E-state index is 0. The van der Waals surface area contributed by atoms with Crippen molar-refractivity contribution in [2.45, 2.75) is 12.5 Å². The summed E-state index contributed by atoms with van der Waals surface area (Å²) < 4.78 is 26.4. The Morgan fingerprint density at radius 3 is 2.53 bits per heavy atom. The van der Waals surface area contributed by atoms with Gasteiger partial charge in [0.1, 0.15) is 11.6 Å².